The van der Waals surface area contributed by atoms with E-state index in [2.05, 4.69) is 20.3 Å². The zero-order valence-corrected chi connectivity index (χ0v) is 11.0. The predicted molar refractivity (Wildman–Crippen MR) is 71.4 cm³/mol. The van der Waals surface area contributed by atoms with Crippen molar-refractivity contribution in [3.05, 3.63) is 11.4 Å². The molecule has 1 aromatic rings. The minimum absolute atomic E-state index is 0.132. The molecule has 1 saturated carbocycles. The van der Waals surface area contributed by atoms with Crippen molar-refractivity contribution in [1.29, 1.82) is 0 Å². The fourth-order valence-corrected chi connectivity index (χ4v) is 2.08. The van der Waals surface area contributed by atoms with Gasteiger partial charge in [-0.3, -0.25) is 0 Å². The van der Waals surface area contributed by atoms with Crippen molar-refractivity contribution in [1.82, 2.24) is 9.97 Å². The number of hydrogen-bond acceptors (Lipinski definition) is 6. The molecule has 6 nitrogen and oxygen atoms in total. The van der Waals surface area contributed by atoms with E-state index in [-0.39, 0.29) is 6.61 Å². The molecule has 1 fully saturated rings. The summed E-state index contributed by atoms with van der Waals surface area (Å²) in [6.07, 6.45) is 3.09. The highest BCUT2D eigenvalue weighted by Crippen LogP contribution is 2.33. The minimum atomic E-state index is 0.132. The standard InChI is InChI=1S/C12H21N5O/c1-3-10-14-11(16-13)8(2)12(15-10)17(6-7-18)9-4-5-9/h9,18H,3-7,13H2,1-2H3,(H,14,15,16). The third-order valence-electron chi connectivity index (χ3n) is 3.22. The first-order valence-corrected chi connectivity index (χ1v) is 6.42. The van der Waals surface area contributed by atoms with E-state index in [1.54, 1.807) is 0 Å². The van der Waals surface area contributed by atoms with E-state index < -0.39 is 0 Å². The number of aryl methyl sites for hydroxylation is 1. The van der Waals surface area contributed by atoms with Gasteiger partial charge in [-0.2, -0.15) is 0 Å². The van der Waals surface area contributed by atoms with Crippen LogP contribution < -0.4 is 16.2 Å². The number of nitrogen functional groups attached to an aromatic ring is 1. The molecule has 18 heavy (non-hydrogen) atoms. The van der Waals surface area contributed by atoms with Crippen molar-refractivity contribution >= 4 is 11.6 Å². The van der Waals surface area contributed by atoms with Gasteiger partial charge in [0.1, 0.15) is 17.5 Å². The third-order valence-corrected chi connectivity index (χ3v) is 3.22. The van der Waals surface area contributed by atoms with Crippen LogP contribution in [0.15, 0.2) is 0 Å². The third kappa shape index (κ3) is 2.54. The largest absolute Gasteiger partial charge is 0.395 e. The predicted octanol–water partition coefficient (Wildman–Crippen LogP) is 0.594. The molecule has 0 saturated heterocycles. The van der Waals surface area contributed by atoms with E-state index in [4.69, 9.17) is 5.84 Å². The monoisotopic (exact) mass is 251 g/mol. The lowest BCUT2D eigenvalue weighted by Crippen LogP contribution is -2.31. The zero-order chi connectivity index (χ0) is 13.1. The highest BCUT2D eigenvalue weighted by atomic mass is 16.3. The molecule has 1 aromatic heterocycles. The highest BCUT2D eigenvalue weighted by molar-refractivity contribution is 5.59. The van der Waals surface area contributed by atoms with Crippen LogP contribution >= 0.6 is 0 Å². The second-order valence-electron chi connectivity index (χ2n) is 4.58. The number of nitrogens with one attached hydrogen (secondary N) is 1. The summed E-state index contributed by atoms with van der Waals surface area (Å²) in [6, 6.07) is 0.501. The molecule has 100 valence electrons. The Kier molecular flexibility index (Phi) is 3.98. The summed E-state index contributed by atoms with van der Waals surface area (Å²) in [5, 5.41) is 9.19. The van der Waals surface area contributed by atoms with Crippen LogP contribution in [0, 0.1) is 6.92 Å². The SMILES string of the molecule is CCc1nc(NN)c(C)c(N(CCO)C2CC2)n1. The smallest absolute Gasteiger partial charge is 0.148 e. The lowest BCUT2D eigenvalue weighted by atomic mass is 10.2. The maximum absolute atomic E-state index is 9.19. The van der Waals surface area contributed by atoms with Crippen LogP contribution in [0.2, 0.25) is 0 Å². The molecule has 0 bridgehead atoms. The number of rotatable bonds is 6. The van der Waals surface area contributed by atoms with Crippen LogP contribution in [0.25, 0.3) is 0 Å². The molecule has 0 spiro atoms. The molecule has 0 aromatic carbocycles. The van der Waals surface area contributed by atoms with E-state index in [1.165, 1.54) is 0 Å². The van der Waals surface area contributed by atoms with E-state index in [0.29, 0.717) is 18.4 Å². The van der Waals surface area contributed by atoms with Crippen LogP contribution in [0.5, 0.6) is 0 Å². The maximum Gasteiger partial charge on any atom is 0.148 e. The molecular formula is C12H21N5O. The van der Waals surface area contributed by atoms with Crippen LogP contribution in [0.1, 0.15) is 31.2 Å². The quantitative estimate of drug-likeness (QED) is 0.507. The summed E-state index contributed by atoms with van der Waals surface area (Å²) in [7, 11) is 0. The Balaban J connectivity index is 2.39. The summed E-state index contributed by atoms with van der Waals surface area (Å²) in [4.78, 5) is 11.1. The Hall–Kier alpha value is -1.40. The van der Waals surface area contributed by atoms with Gasteiger partial charge >= 0.3 is 0 Å². The van der Waals surface area contributed by atoms with Crippen molar-refractivity contribution in [2.45, 2.75) is 39.2 Å². The van der Waals surface area contributed by atoms with Gasteiger partial charge < -0.3 is 15.4 Å². The van der Waals surface area contributed by atoms with Gasteiger partial charge in [-0.15, -0.1) is 0 Å². The van der Waals surface area contributed by atoms with Gasteiger partial charge in [0.2, 0.25) is 0 Å². The Morgan fingerprint density at radius 3 is 2.67 bits per heavy atom. The van der Waals surface area contributed by atoms with Crippen LogP contribution in [-0.4, -0.2) is 34.3 Å². The summed E-state index contributed by atoms with van der Waals surface area (Å²) < 4.78 is 0. The highest BCUT2D eigenvalue weighted by Gasteiger charge is 2.31. The Labute approximate surface area is 107 Å². The topological polar surface area (TPSA) is 87.3 Å². The van der Waals surface area contributed by atoms with Crippen LogP contribution in [0.3, 0.4) is 0 Å². The molecule has 0 amide bonds. The lowest BCUT2D eigenvalue weighted by Gasteiger charge is -2.25. The van der Waals surface area contributed by atoms with E-state index in [1.807, 2.05) is 13.8 Å². The normalized spacial score (nSPS) is 14.7. The summed E-state index contributed by atoms with van der Waals surface area (Å²) in [6.45, 7) is 4.71. The van der Waals surface area contributed by atoms with E-state index >= 15 is 0 Å². The molecule has 0 unspecified atom stereocenters. The second-order valence-corrected chi connectivity index (χ2v) is 4.58. The van der Waals surface area contributed by atoms with Crippen LogP contribution in [-0.2, 0) is 6.42 Å². The number of hydrogen-bond donors (Lipinski definition) is 3. The van der Waals surface area contributed by atoms with E-state index in [9.17, 15) is 5.11 Å². The number of aliphatic hydroxyl groups is 1. The van der Waals surface area contributed by atoms with Gasteiger partial charge in [0, 0.05) is 24.6 Å². The van der Waals surface area contributed by atoms with Gasteiger partial charge in [0.05, 0.1) is 6.61 Å². The molecule has 2 rings (SSSR count). The van der Waals surface area contributed by atoms with Gasteiger partial charge in [-0.05, 0) is 19.8 Å². The number of hydrazine groups is 1. The van der Waals surface area contributed by atoms with Gasteiger partial charge in [0.15, 0.2) is 0 Å². The molecule has 4 N–H and O–H groups in total. The molecule has 0 atom stereocenters. The fraction of sp³-hybridized carbons (Fsp3) is 0.667. The molecule has 1 aliphatic carbocycles. The van der Waals surface area contributed by atoms with Crippen molar-refractivity contribution in [2.75, 3.05) is 23.5 Å². The zero-order valence-electron chi connectivity index (χ0n) is 11.0. The van der Waals surface area contributed by atoms with Gasteiger partial charge in [0.25, 0.3) is 0 Å². The molecule has 6 heteroatoms. The van der Waals surface area contributed by atoms with Crippen molar-refractivity contribution in [3.8, 4) is 0 Å². The Bertz CT molecular complexity index is 419. The molecular weight excluding hydrogens is 230 g/mol. The summed E-state index contributed by atoms with van der Waals surface area (Å²) in [5.74, 6) is 7.83. The van der Waals surface area contributed by atoms with Crippen molar-refractivity contribution in [2.24, 2.45) is 5.84 Å². The first-order chi connectivity index (χ1) is 8.71. The van der Waals surface area contributed by atoms with Gasteiger partial charge in [-0.25, -0.2) is 15.8 Å². The summed E-state index contributed by atoms with van der Waals surface area (Å²) >= 11 is 0. The van der Waals surface area contributed by atoms with Gasteiger partial charge in [-0.1, -0.05) is 6.92 Å². The molecule has 1 aliphatic rings. The minimum Gasteiger partial charge on any atom is -0.395 e. The number of aromatic nitrogens is 2. The van der Waals surface area contributed by atoms with Crippen molar-refractivity contribution < 1.29 is 5.11 Å². The van der Waals surface area contributed by atoms with Crippen molar-refractivity contribution in [3.63, 3.8) is 0 Å². The first kappa shape index (κ1) is 13.0. The molecule has 1 heterocycles. The Morgan fingerprint density at radius 2 is 2.17 bits per heavy atom. The second kappa shape index (κ2) is 5.49. The number of anilines is 2. The molecule has 0 radical (unpaired) electrons. The molecule has 0 aliphatic heterocycles. The lowest BCUT2D eigenvalue weighted by molar-refractivity contribution is 0.301. The number of nitrogens with zero attached hydrogens (tertiary/aromatic N) is 3. The van der Waals surface area contributed by atoms with Crippen LogP contribution in [0.4, 0.5) is 11.6 Å². The van der Waals surface area contributed by atoms with E-state index in [0.717, 1.165) is 36.5 Å². The first-order valence-electron chi connectivity index (χ1n) is 6.42. The fourth-order valence-electron chi connectivity index (χ4n) is 2.08. The maximum atomic E-state index is 9.19. The average molecular weight is 251 g/mol. The average Bonchev–Trinajstić information content (AvgIpc) is 3.21. The Morgan fingerprint density at radius 1 is 1.44 bits per heavy atom. The summed E-state index contributed by atoms with van der Waals surface area (Å²) in [5.41, 5.74) is 3.57. The number of nitrogens with two attached hydrogens (primary N) is 1. The number of aliphatic hydroxyl groups excluding tert-OH is 1.